The quantitative estimate of drug-likeness (QED) is 0.547. The predicted octanol–water partition coefficient (Wildman–Crippen LogP) is 0.670. The number of nitrogens with zero attached hydrogens (tertiary/aromatic N) is 2. The number of nitro benzene ring substituents is 1. The molecule has 0 saturated carbocycles. The number of hydrogen-bond acceptors (Lipinski definition) is 5. The van der Waals surface area contributed by atoms with E-state index in [1.54, 1.807) is 31.3 Å². The van der Waals surface area contributed by atoms with E-state index in [0.29, 0.717) is 0 Å². The lowest BCUT2D eigenvalue weighted by atomic mass is 10.3. The molecule has 76 valence electrons. The predicted molar refractivity (Wildman–Crippen MR) is 53.7 cm³/mol. The maximum absolute atomic E-state index is 10.4. The molecular weight excluding hydrogens is 184 g/mol. The van der Waals surface area contributed by atoms with E-state index in [1.807, 2.05) is 0 Å². The van der Waals surface area contributed by atoms with Crippen LogP contribution in [-0.4, -0.2) is 19.0 Å². The third-order valence-corrected chi connectivity index (χ3v) is 1.77. The smallest absolute Gasteiger partial charge is 0.258 e. The Kier molecular flexibility index (Phi) is 3.38. The summed E-state index contributed by atoms with van der Waals surface area (Å²) in [6, 6.07) is 6.23. The largest absolute Gasteiger partial charge is 0.269 e. The summed E-state index contributed by atoms with van der Waals surface area (Å²) in [7, 11) is 3.50. The normalized spacial score (nSPS) is 9.86. The van der Waals surface area contributed by atoms with Crippen molar-refractivity contribution in [3.8, 4) is 0 Å². The molecule has 14 heavy (non-hydrogen) atoms. The second-order valence-electron chi connectivity index (χ2n) is 2.56. The zero-order valence-corrected chi connectivity index (χ0v) is 8.02. The molecular formula is C8H12N4O2. The Morgan fingerprint density at radius 2 is 1.71 bits per heavy atom. The van der Waals surface area contributed by atoms with Crippen molar-refractivity contribution < 1.29 is 4.92 Å². The van der Waals surface area contributed by atoms with Gasteiger partial charge in [0.2, 0.25) is 0 Å². The van der Waals surface area contributed by atoms with Crippen LogP contribution in [0, 0.1) is 10.1 Å². The monoisotopic (exact) mass is 196 g/mol. The summed E-state index contributed by atoms with van der Waals surface area (Å²) in [6.45, 7) is 0. The van der Waals surface area contributed by atoms with Gasteiger partial charge in [0.1, 0.15) is 0 Å². The topological polar surface area (TPSA) is 70.4 Å². The Balaban J connectivity index is 2.87. The molecule has 1 rings (SSSR count). The van der Waals surface area contributed by atoms with Crippen molar-refractivity contribution in [2.75, 3.05) is 19.2 Å². The first-order valence-corrected chi connectivity index (χ1v) is 4.08. The molecule has 1 aromatic rings. The van der Waals surface area contributed by atoms with Crippen LogP contribution in [0.4, 0.5) is 11.4 Å². The van der Waals surface area contributed by atoms with E-state index in [2.05, 4.69) is 10.9 Å². The second kappa shape index (κ2) is 4.54. The zero-order chi connectivity index (χ0) is 10.6. The van der Waals surface area contributed by atoms with E-state index in [-0.39, 0.29) is 5.69 Å². The van der Waals surface area contributed by atoms with Crippen LogP contribution >= 0.6 is 0 Å². The lowest BCUT2D eigenvalue weighted by molar-refractivity contribution is -0.384. The van der Waals surface area contributed by atoms with E-state index >= 15 is 0 Å². The standard InChI is InChI=1S/C8H12N4O2/c1-9-11(10-2)7-3-5-8(6-4-7)12(13)14/h3-6,9-10H,1-2H3. The molecule has 6 nitrogen and oxygen atoms in total. The summed E-state index contributed by atoms with van der Waals surface area (Å²) in [5.74, 6) is 0. The molecule has 0 amide bonds. The molecule has 0 saturated heterocycles. The summed E-state index contributed by atoms with van der Waals surface area (Å²) in [5.41, 5.74) is 6.63. The summed E-state index contributed by atoms with van der Waals surface area (Å²) in [4.78, 5) is 9.96. The third kappa shape index (κ3) is 2.18. The van der Waals surface area contributed by atoms with Crippen molar-refractivity contribution in [3.05, 3.63) is 34.4 Å². The number of nitrogens with one attached hydrogen (secondary N) is 2. The summed E-state index contributed by atoms with van der Waals surface area (Å²) in [5, 5.41) is 12.0. The number of non-ortho nitro benzene ring substituents is 1. The first kappa shape index (κ1) is 10.4. The van der Waals surface area contributed by atoms with Crippen LogP contribution in [0.3, 0.4) is 0 Å². The van der Waals surface area contributed by atoms with E-state index < -0.39 is 4.92 Å². The number of rotatable bonds is 4. The maximum Gasteiger partial charge on any atom is 0.269 e. The molecule has 0 radical (unpaired) electrons. The molecule has 0 fully saturated rings. The van der Waals surface area contributed by atoms with Crippen molar-refractivity contribution in [3.63, 3.8) is 0 Å². The fraction of sp³-hybridized carbons (Fsp3) is 0.250. The van der Waals surface area contributed by atoms with Gasteiger partial charge in [-0.1, -0.05) is 0 Å². The molecule has 0 aliphatic carbocycles. The highest BCUT2D eigenvalue weighted by molar-refractivity contribution is 5.48. The summed E-state index contributed by atoms with van der Waals surface area (Å²) in [6.07, 6.45) is 0. The molecule has 0 aliphatic rings. The van der Waals surface area contributed by atoms with Gasteiger partial charge in [0.05, 0.1) is 10.6 Å². The average molecular weight is 196 g/mol. The average Bonchev–Trinajstić information content (AvgIpc) is 2.20. The lowest BCUT2D eigenvalue weighted by Gasteiger charge is -2.21. The molecule has 0 unspecified atom stereocenters. The van der Waals surface area contributed by atoms with Crippen LogP contribution in [0.5, 0.6) is 0 Å². The number of hydrogen-bond donors (Lipinski definition) is 2. The van der Waals surface area contributed by atoms with Crippen molar-refractivity contribution in [2.24, 2.45) is 0 Å². The number of hydrazine groups is 2. The van der Waals surface area contributed by atoms with Gasteiger partial charge in [-0.3, -0.25) is 10.1 Å². The highest BCUT2D eigenvalue weighted by atomic mass is 16.6. The number of benzene rings is 1. The Labute approximate surface area is 81.6 Å². The van der Waals surface area contributed by atoms with Crippen LogP contribution in [-0.2, 0) is 0 Å². The van der Waals surface area contributed by atoms with Crippen molar-refractivity contribution in [2.45, 2.75) is 0 Å². The molecule has 0 aromatic heterocycles. The van der Waals surface area contributed by atoms with Gasteiger partial charge >= 0.3 is 0 Å². The summed E-state index contributed by atoms with van der Waals surface area (Å²) < 4.78 is 0. The number of nitro groups is 1. The van der Waals surface area contributed by atoms with Gasteiger partial charge in [0.15, 0.2) is 0 Å². The highest BCUT2D eigenvalue weighted by Gasteiger charge is 2.06. The zero-order valence-electron chi connectivity index (χ0n) is 8.02. The first-order valence-electron chi connectivity index (χ1n) is 4.08. The van der Waals surface area contributed by atoms with Crippen molar-refractivity contribution >= 4 is 11.4 Å². The van der Waals surface area contributed by atoms with Gasteiger partial charge in [0, 0.05) is 26.2 Å². The van der Waals surface area contributed by atoms with Crippen LogP contribution in [0.2, 0.25) is 0 Å². The minimum Gasteiger partial charge on any atom is -0.258 e. The summed E-state index contributed by atoms with van der Waals surface area (Å²) >= 11 is 0. The van der Waals surface area contributed by atoms with Gasteiger partial charge in [-0.2, -0.15) is 0 Å². The van der Waals surface area contributed by atoms with E-state index in [4.69, 9.17) is 0 Å². The lowest BCUT2D eigenvalue weighted by Crippen LogP contribution is -2.44. The Morgan fingerprint density at radius 3 is 2.07 bits per heavy atom. The van der Waals surface area contributed by atoms with Crippen LogP contribution in [0.15, 0.2) is 24.3 Å². The Morgan fingerprint density at radius 1 is 1.21 bits per heavy atom. The molecule has 0 aliphatic heterocycles. The first-order chi connectivity index (χ1) is 6.69. The third-order valence-electron chi connectivity index (χ3n) is 1.77. The molecule has 2 N–H and O–H groups in total. The van der Waals surface area contributed by atoms with Gasteiger partial charge in [-0.25, -0.2) is 16.0 Å². The van der Waals surface area contributed by atoms with Crippen LogP contribution in [0.1, 0.15) is 0 Å². The SMILES string of the molecule is CNN(NC)c1ccc([N+](=O)[O-])cc1. The molecule has 6 heteroatoms. The number of anilines is 1. The van der Waals surface area contributed by atoms with Crippen molar-refractivity contribution in [1.29, 1.82) is 0 Å². The van der Waals surface area contributed by atoms with Crippen LogP contribution in [0.25, 0.3) is 0 Å². The fourth-order valence-corrected chi connectivity index (χ4v) is 1.09. The minimum absolute atomic E-state index is 0.0842. The Hall–Kier alpha value is -1.66. The fourth-order valence-electron chi connectivity index (χ4n) is 1.09. The van der Waals surface area contributed by atoms with Gasteiger partial charge in [-0.15, -0.1) is 0 Å². The van der Waals surface area contributed by atoms with Crippen molar-refractivity contribution in [1.82, 2.24) is 10.9 Å². The maximum atomic E-state index is 10.4. The van der Waals surface area contributed by atoms with E-state index in [9.17, 15) is 10.1 Å². The van der Waals surface area contributed by atoms with Gasteiger partial charge in [-0.05, 0) is 12.1 Å². The molecule has 1 aromatic carbocycles. The highest BCUT2D eigenvalue weighted by Crippen LogP contribution is 2.16. The molecule has 0 atom stereocenters. The molecule has 0 bridgehead atoms. The Bertz CT molecular complexity index is 308. The van der Waals surface area contributed by atoms with Gasteiger partial charge in [0.25, 0.3) is 5.69 Å². The molecule has 0 heterocycles. The van der Waals surface area contributed by atoms with Gasteiger partial charge < -0.3 is 0 Å². The minimum atomic E-state index is -0.424. The van der Waals surface area contributed by atoms with E-state index in [1.165, 1.54) is 12.1 Å². The molecule has 0 spiro atoms. The van der Waals surface area contributed by atoms with E-state index in [0.717, 1.165) is 5.69 Å². The second-order valence-corrected chi connectivity index (χ2v) is 2.56. The van der Waals surface area contributed by atoms with Crippen LogP contribution < -0.4 is 16.0 Å².